The van der Waals surface area contributed by atoms with E-state index in [4.69, 9.17) is 0 Å². The standard InChI is InChI=1S/C15H26N4O2S/c1-18(2)14-8-4-7-13(14)17-22(20,21)15-9-10-16-19(15)11-12-5-3-6-12/h9-10,12-14,17H,3-8,11H2,1-2H3/t13-,14-/m0/s1. The van der Waals surface area contributed by atoms with Crippen LogP contribution < -0.4 is 4.72 Å². The van der Waals surface area contributed by atoms with Crippen molar-refractivity contribution in [1.82, 2.24) is 19.4 Å². The van der Waals surface area contributed by atoms with E-state index < -0.39 is 10.0 Å². The van der Waals surface area contributed by atoms with Crippen molar-refractivity contribution < 1.29 is 8.42 Å². The van der Waals surface area contributed by atoms with Gasteiger partial charge in [0.05, 0.1) is 6.20 Å². The Morgan fingerprint density at radius 2 is 2.00 bits per heavy atom. The lowest BCUT2D eigenvalue weighted by molar-refractivity contribution is 0.256. The summed E-state index contributed by atoms with van der Waals surface area (Å²) in [4.78, 5) is 2.12. The first-order chi connectivity index (χ1) is 10.5. The van der Waals surface area contributed by atoms with Gasteiger partial charge in [-0.2, -0.15) is 5.10 Å². The molecule has 0 aromatic carbocycles. The molecule has 3 rings (SSSR count). The highest BCUT2D eigenvalue weighted by Crippen LogP contribution is 2.29. The predicted octanol–water partition coefficient (Wildman–Crippen LogP) is 1.44. The van der Waals surface area contributed by atoms with Crippen LogP contribution in [0, 0.1) is 5.92 Å². The Bertz CT molecular complexity index is 607. The summed E-state index contributed by atoms with van der Waals surface area (Å²) in [5.41, 5.74) is 0. The van der Waals surface area contributed by atoms with Crippen LogP contribution in [0.5, 0.6) is 0 Å². The molecule has 2 atom stereocenters. The van der Waals surface area contributed by atoms with Crippen LogP contribution in [0.15, 0.2) is 17.3 Å². The molecule has 0 aliphatic heterocycles. The fraction of sp³-hybridized carbons (Fsp3) is 0.800. The van der Waals surface area contributed by atoms with E-state index in [0.29, 0.717) is 17.5 Å². The minimum atomic E-state index is -3.50. The minimum absolute atomic E-state index is 0.00736. The van der Waals surface area contributed by atoms with Crippen molar-refractivity contribution in [1.29, 1.82) is 0 Å². The molecule has 1 aromatic rings. The topological polar surface area (TPSA) is 67.2 Å². The van der Waals surface area contributed by atoms with Crippen molar-refractivity contribution in [3.05, 3.63) is 12.3 Å². The molecule has 0 spiro atoms. The third kappa shape index (κ3) is 3.21. The summed E-state index contributed by atoms with van der Waals surface area (Å²) in [6.07, 6.45) is 8.21. The van der Waals surface area contributed by atoms with Crippen molar-refractivity contribution in [3.63, 3.8) is 0 Å². The molecule has 1 aromatic heterocycles. The molecule has 1 N–H and O–H groups in total. The normalized spacial score (nSPS) is 26.5. The fourth-order valence-corrected chi connectivity index (χ4v) is 4.99. The Morgan fingerprint density at radius 3 is 2.64 bits per heavy atom. The second kappa shape index (κ2) is 6.29. The highest BCUT2D eigenvalue weighted by molar-refractivity contribution is 7.89. The van der Waals surface area contributed by atoms with Crippen LogP contribution in [0.4, 0.5) is 0 Å². The van der Waals surface area contributed by atoms with Gasteiger partial charge in [0.2, 0.25) is 0 Å². The lowest BCUT2D eigenvalue weighted by Gasteiger charge is -2.28. The van der Waals surface area contributed by atoms with Crippen molar-refractivity contribution in [2.45, 2.75) is 62.2 Å². The van der Waals surface area contributed by atoms with Gasteiger partial charge in [0.15, 0.2) is 5.03 Å². The molecule has 7 heteroatoms. The van der Waals surface area contributed by atoms with Crippen molar-refractivity contribution in [2.24, 2.45) is 5.92 Å². The van der Waals surface area contributed by atoms with Crippen LogP contribution >= 0.6 is 0 Å². The molecule has 6 nitrogen and oxygen atoms in total. The Balaban J connectivity index is 1.74. The highest BCUT2D eigenvalue weighted by atomic mass is 32.2. The smallest absolute Gasteiger partial charge is 0.258 e. The third-order valence-electron chi connectivity index (χ3n) is 5.06. The maximum atomic E-state index is 12.7. The lowest BCUT2D eigenvalue weighted by Crippen LogP contribution is -2.46. The summed E-state index contributed by atoms with van der Waals surface area (Å²) < 4.78 is 30.0. The largest absolute Gasteiger partial charge is 0.305 e. The summed E-state index contributed by atoms with van der Waals surface area (Å²) in [7, 11) is 0.521. The number of hydrogen-bond acceptors (Lipinski definition) is 4. The molecule has 2 aliphatic carbocycles. The van der Waals surface area contributed by atoms with Crippen LogP contribution in [0.3, 0.4) is 0 Å². The van der Waals surface area contributed by atoms with E-state index in [1.165, 1.54) is 19.3 Å². The Labute approximate surface area is 132 Å². The van der Waals surface area contributed by atoms with Crippen molar-refractivity contribution >= 4 is 10.0 Å². The first kappa shape index (κ1) is 16.0. The molecule has 0 bridgehead atoms. The summed E-state index contributed by atoms with van der Waals surface area (Å²) in [5, 5.41) is 4.53. The molecular weight excluding hydrogens is 300 g/mol. The second-order valence-corrected chi connectivity index (χ2v) is 8.50. The van der Waals surface area contributed by atoms with Gasteiger partial charge < -0.3 is 4.90 Å². The average molecular weight is 326 g/mol. The van der Waals surface area contributed by atoms with Gasteiger partial charge in [-0.05, 0) is 51.8 Å². The number of nitrogens with zero attached hydrogens (tertiary/aromatic N) is 3. The molecular formula is C15H26N4O2S. The number of nitrogens with one attached hydrogen (secondary N) is 1. The van der Waals surface area contributed by atoms with Crippen LogP contribution in [-0.2, 0) is 16.6 Å². The Morgan fingerprint density at radius 1 is 1.27 bits per heavy atom. The number of aromatic nitrogens is 2. The molecule has 0 unspecified atom stereocenters. The number of likely N-dealkylation sites (N-methyl/N-ethyl adjacent to an activating group) is 1. The quantitative estimate of drug-likeness (QED) is 0.859. The zero-order chi connectivity index (χ0) is 15.7. The summed E-state index contributed by atoms with van der Waals surface area (Å²) in [5.74, 6) is 0.579. The van der Waals surface area contributed by atoms with E-state index in [-0.39, 0.29) is 12.1 Å². The predicted molar refractivity (Wildman–Crippen MR) is 85.0 cm³/mol. The van der Waals surface area contributed by atoms with Crippen LogP contribution in [0.1, 0.15) is 38.5 Å². The van der Waals surface area contributed by atoms with E-state index >= 15 is 0 Å². The van der Waals surface area contributed by atoms with Gasteiger partial charge >= 0.3 is 0 Å². The van der Waals surface area contributed by atoms with Gasteiger partial charge in [0, 0.05) is 18.6 Å². The number of rotatable bonds is 6. The molecule has 2 aliphatic rings. The molecule has 0 radical (unpaired) electrons. The first-order valence-electron chi connectivity index (χ1n) is 8.18. The highest BCUT2D eigenvalue weighted by Gasteiger charge is 2.34. The van der Waals surface area contributed by atoms with Crippen molar-refractivity contribution in [2.75, 3.05) is 14.1 Å². The van der Waals surface area contributed by atoms with Gasteiger partial charge in [-0.3, -0.25) is 4.68 Å². The SMILES string of the molecule is CN(C)[C@H]1CCC[C@@H]1NS(=O)(=O)c1ccnn1CC1CCC1. The lowest BCUT2D eigenvalue weighted by atomic mass is 9.85. The Kier molecular flexibility index (Phi) is 4.56. The average Bonchev–Trinajstić information content (AvgIpc) is 3.01. The molecule has 0 saturated heterocycles. The summed E-state index contributed by atoms with van der Waals surface area (Å²) >= 11 is 0. The molecule has 2 fully saturated rings. The van der Waals surface area contributed by atoms with Gasteiger partial charge in [-0.15, -0.1) is 0 Å². The van der Waals surface area contributed by atoms with Crippen molar-refractivity contribution in [3.8, 4) is 0 Å². The van der Waals surface area contributed by atoms with Crippen LogP contribution in [0.2, 0.25) is 0 Å². The molecule has 2 saturated carbocycles. The Hall–Kier alpha value is -0.920. The van der Waals surface area contributed by atoms with E-state index in [2.05, 4.69) is 14.7 Å². The maximum Gasteiger partial charge on any atom is 0.258 e. The number of sulfonamides is 1. The second-order valence-electron chi connectivity index (χ2n) is 6.84. The molecule has 1 heterocycles. The van der Waals surface area contributed by atoms with Crippen LogP contribution in [0.25, 0.3) is 0 Å². The van der Waals surface area contributed by atoms with Crippen LogP contribution in [-0.4, -0.2) is 49.3 Å². The van der Waals surface area contributed by atoms with Gasteiger partial charge in [0.25, 0.3) is 10.0 Å². The summed E-state index contributed by atoms with van der Waals surface area (Å²) in [6.45, 7) is 0.713. The van der Waals surface area contributed by atoms with Gasteiger partial charge in [-0.1, -0.05) is 12.8 Å². The maximum absolute atomic E-state index is 12.7. The van der Waals surface area contributed by atoms with Gasteiger partial charge in [0.1, 0.15) is 0 Å². The third-order valence-corrected chi connectivity index (χ3v) is 6.57. The summed E-state index contributed by atoms with van der Waals surface area (Å²) in [6, 6.07) is 1.88. The zero-order valence-corrected chi connectivity index (χ0v) is 14.2. The first-order valence-corrected chi connectivity index (χ1v) is 9.66. The van der Waals surface area contributed by atoms with E-state index in [1.54, 1.807) is 16.9 Å². The monoisotopic (exact) mass is 326 g/mol. The molecule has 0 amide bonds. The zero-order valence-electron chi connectivity index (χ0n) is 13.4. The van der Waals surface area contributed by atoms with Gasteiger partial charge in [-0.25, -0.2) is 13.1 Å². The minimum Gasteiger partial charge on any atom is -0.305 e. The number of hydrogen-bond donors (Lipinski definition) is 1. The fourth-order valence-electron chi connectivity index (χ4n) is 3.56. The van der Waals surface area contributed by atoms with E-state index in [9.17, 15) is 8.42 Å². The molecule has 124 valence electrons. The molecule has 22 heavy (non-hydrogen) atoms. The van der Waals surface area contributed by atoms with E-state index in [0.717, 1.165) is 19.3 Å². The van der Waals surface area contributed by atoms with E-state index in [1.807, 2.05) is 14.1 Å².